The summed E-state index contributed by atoms with van der Waals surface area (Å²) in [5.41, 5.74) is 0. The van der Waals surface area contributed by atoms with Gasteiger partial charge < -0.3 is 20.4 Å². The van der Waals surface area contributed by atoms with Crippen LogP contribution in [0.5, 0.6) is 0 Å². The van der Waals surface area contributed by atoms with Crippen molar-refractivity contribution in [2.45, 2.75) is 122 Å². The summed E-state index contributed by atoms with van der Waals surface area (Å²) in [5, 5.41) is 37.1. The number of aliphatic hydroxyl groups excluding tert-OH is 4. The largest absolute Gasteiger partial charge is 0.394 e. The molecule has 3 unspecified atom stereocenters. The maximum absolute atomic E-state index is 11.6. The van der Waals surface area contributed by atoms with Gasteiger partial charge in [-0.15, -0.1) is 0 Å². The van der Waals surface area contributed by atoms with E-state index in [0.717, 1.165) is 19.3 Å². The first kappa shape index (κ1) is 25.5. The lowest BCUT2D eigenvalue weighted by Gasteiger charge is -2.17. The minimum atomic E-state index is -1.71. The van der Waals surface area contributed by atoms with Crippen LogP contribution in [0.15, 0.2) is 0 Å². The summed E-state index contributed by atoms with van der Waals surface area (Å²) in [6, 6.07) is 0. The maximum Gasteiger partial charge on any atom is 0.192 e. The molecule has 0 heterocycles. The second kappa shape index (κ2) is 17.9. The van der Waals surface area contributed by atoms with Gasteiger partial charge in [0.2, 0.25) is 0 Å². The van der Waals surface area contributed by atoms with Gasteiger partial charge in [-0.2, -0.15) is 0 Å². The van der Waals surface area contributed by atoms with Gasteiger partial charge >= 0.3 is 0 Å². The highest BCUT2D eigenvalue weighted by Gasteiger charge is 2.28. The Labute approximate surface area is 159 Å². The molecule has 5 nitrogen and oxygen atoms in total. The number of hydrogen-bond acceptors (Lipinski definition) is 5. The van der Waals surface area contributed by atoms with E-state index >= 15 is 0 Å². The van der Waals surface area contributed by atoms with Crippen molar-refractivity contribution in [1.82, 2.24) is 0 Å². The molecule has 0 aromatic rings. The predicted molar refractivity (Wildman–Crippen MR) is 105 cm³/mol. The molecular weight excluding hydrogens is 332 g/mol. The molecule has 0 amide bonds. The summed E-state index contributed by atoms with van der Waals surface area (Å²) in [6.07, 6.45) is 13.2. The Bertz CT molecular complexity index is 322. The van der Waals surface area contributed by atoms with Crippen LogP contribution in [0.25, 0.3) is 0 Å². The van der Waals surface area contributed by atoms with Crippen LogP contribution in [-0.2, 0) is 4.79 Å². The first-order valence-electron chi connectivity index (χ1n) is 10.7. The Hall–Kier alpha value is -0.490. The van der Waals surface area contributed by atoms with Crippen LogP contribution in [0.2, 0.25) is 0 Å². The van der Waals surface area contributed by atoms with Crippen LogP contribution in [0.1, 0.15) is 103 Å². The zero-order valence-corrected chi connectivity index (χ0v) is 16.7. The van der Waals surface area contributed by atoms with Gasteiger partial charge in [-0.3, -0.25) is 4.79 Å². The number of aliphatic hydroxyl groups is 4. The minimum absolute atomic E-state index is 0.298. The second-order valence-electron chi connectivity index (χ2n) is 7.50. The smallest absolute Gasteiger partial charge is 0.192 e. The molecule has 0 radical (unpaired) electrons. The summed E-state index contributed by atoms with van der Waals surface area (Å²) in [7, 11) is 0. The molecule has 0 spiro atoms. The number of rotatable bonds is 19. The molecule has 26 heavy (non-hydrogen) atoms. The highest BCUT2D eigenvalue weighted by molar-refractivity contribution is 5.87. The van der Waals surface area contributed by atoms with E-state index in [0.29, 0.717) is 6.42 Å². The number of carbonyl (C=O) groups excluding carboxylic acids is 1. The molecule has 0 saturated heterocycles. The van der Waals surface area contributed by atoms with Crippen LogP contribution >= 0.6 is 0 Å². The molecular formula is C21H42O5. The van der Waals surface area contributed by atoms with Gasteiger partial charge in [-0.05, 0) is 6.42 Å². The molecule has 0 rings (SSSR count). The van der Waals surface area contributed by atoms with Crippen LogP contribution in [0.4, 0.5) is 0 Å². The Morgan fingerprint density at radius 2 is 1.08 bits per heavy atom. The van der Waals surface area contributed by atoms with Crippen molar-refractivity contribution < 1.29 is 25.2 Å². The fraction of sp³-hybridized carbons (Fsp3) is 0.952. The van der Waals surface area contributed by atoms with Gasteiger partial charge in [-0.25, -0.2) is 0 Å². The van der Waals surface area contributed by atoms with Crippen LogP contribution < -0.4 is 0 Å². The number of ketones is 1. The quantitative estimate of drug-likeness (QED) is 0.259. The normalized spacial score (nSPS) is 15.0. The van der Waals surface area contributed by atoms with E-state index in [2.05, 4.69) is 6.92 Å². The molecule has 0 aliphatic rings. The average molecular weight is 375 g/mol. The van der Waals surface area contributed by atoms with Gasteiger partial charge in [0.05, 0.1) is 6.61 Å². The van der Waals surface area contributed by atoms with Crippen molar-refractivity contribution in [2.24, 2.45) is 0 Å². The molecule has 0 aliphatic heterocycles. The van der Waals surface area contributed by atoms with E-state index in [4.69, 9.17) is 5.11 Å². The van der Waals surface area contributed by atoms with E-state index in [1.54, 1.807) is 0 Å². The van der Waals surface area contributed by atoms with E-state index in [-0.39, 0.29) is 0 Å². The topological polar surface area (TPSA) is 98.0 Å². The van der Waals surface area contributed by atoms with Gasteiger partial charge in [0.15, 0.2) is 5.78 Å². The number of carbonyl (C=O) groups is 1. The minimum Gasteiger partial charge on any atom is -0.394 e. The Balaban J connectivity index is 3.39. The Morgan fingerprint density at radius 1 is 0.692 bits per heavy atom. The standard InChI is InChI=1S/C21H42O5/c1-2-3-4-5-6-7-8-9-10-11-12-13-14-15-16-18(23)20(25)21(26)19(24)17-22/h18-19,21-24,26H,2-17H2,1H3. The zero-order chi connectivity index (χ0) is 19.6. The fourth-order valence-corrected chi connectivity index (χ4v) is 3.16. The third-order valence-electron chi connectivity index (χ3n) is 5.00. The number of Topliss-reactive ketones (excluding diaryl/α,β-unsaturated/α-hetero) is 1. The molecule has 0 aromatic carbocycles. The SMILES string of the molecule is CCCCCCCCCCCCCCCCC(O)C(=O)C(O)C(O)CO. The summed E-state index contributed by atoms with van der Waals surface area (Å²) >= 11 is 0. The molecule has 156 valence electrons. The number of unbranched alkanes of at least 4 members (excludes halogenated alkanes) is 13. The Kier molecular flexibility index (Phi) is 17.6. The van der Waals surface area contributed by atoms with E-state index in [1.807, 2.05) is 0 Å². The monoisotopic (exact) mass is 374 g/mol. The molecule has 4 N–H and O–H groups in total. The molecule has 0 aliphatic carbocycles. The predicted octanol–water partition coefficient (Wildman–Crippen LogP) is 3.50. The second-order valence-corrected chi connectivity index (χ2v) is 7.50. The molecule has 0 aromatic heterocycles. The van der Waals surface area contributed by atoms with Crippen LogP contribution in [0.3, 0.4) is 0 Å². The zero-order valence-electron chi connectivity index (χ0n) is 16.7. The summed E-state index contributed by atoms with van der Waals surface area (Å²) in [5.74, 6) is -0.804. The van der Waals surface area contributed by atoms with Crippen LogP contribution in [-0.4, -0.2) is 51.1 Å². The molecule has 5 heteroatoms. The van der Waals surface area contributed by atoms with Crippen molar-refractivity contribution in [2.75, 3.05) is 6.61 Å². The van der Waals surface area contributed by atoms with Gasteiger partial charge in [0, 0.05) is 0 Å². The lowest BCUT2D eigenvalue weighted by atomic mass is 9.99. The van der Waals surface area contributed by atoms with Crippen molar-refractivity contribution >= 4 is 5.78 Å². The van der Waals surface area contributed by atoms with Gasteiger partial charge in [0.25, 0.3) is 0 Å². The third-order valence-corrected chi connectivity index (χ3v) is 5.00. The van der Waals surface area contributed by atoms with Crippen molar-refractivity contribution in [3.63, 3.8) is 0 Å². The van der Waals surface area contributed by atoms with Crippen LogP contribution in [0, 0.1) is 0 Å². The van der Waals surface area contributed by atoms with Crippen molar-refractivity contribution in [3.05, 3.63) is 0 Å². The molecule has 0 fully saturated rings. The van der Waals surface area contributed by atoms with E-state index in [9.17, 15) is 20.1 Å². The summed E-state index contributed by atoms with van der Waals surface area (Å²) in [6.45, 7) is 1.55. The van der Waals surface area contributed by atoms with Gasteiger partial charge in [-0.1, -0.05) is 96.8 Å². The lowest BCUT2D eigenvalue weighted by molar-refractivity contribution is -0.143. The summed E-state index contributed by atoms with van der Waals surface area (Å²) in [4.78, 5) is 11.6. The Morgan fingerprint density at radius 3 is 1.46 bits per heavy atom. The molecule has 3 atom stereocenters. The first-order valence-corrected chi connectivity index (χ1v) is 10.7. The highest BCUT2D eigenvalue weighted by atomic mass is 16.4. The van der Waals surface area contributed by atoms with E-state index < -0.39 is 30.7 Å². The molecule has 0 saturated carbocycles. The maximum atomic E-state index is 11.6. The lowest BCUT2D eigenvalue weighted by Crippen LogP contribution is -2.42. The number of hydrogen-bond donors (Lipinski definition) is 4. The molecule has 0 bridgehead atoms. The highest BCUT2D eigenvalue weighted by Crippen LogP contribution is 2.14. The average Bonchev–Trinajstić information content (AvgIpc) is 2.66. The van der Waals surface area contributed by atoms with Crippen molar-refractivity contribution in [1.29, 1.82) is 0 Å². The first-order chi connectivity index (χ1) is 12.5. The third kappa shape index (κ3) is 13.7. The summed E-state index contributed by atoms with van der Waals surface area (Å²) < 4.78 is 0. The van der Waals surface area contributed by atoms with Crippen molar-refractivity contribution in [3.8, 4) is 0 Å². The van der Waals surface area contributed by atoms with E-state index in [1.165, 1.54) is 70.6 Å². The van der Waals surface area contributed by atoms with Gasteiger partial charge in [0.1, 0.15) is 18.3 Å². The fourth-order valence-electron chi connectivity index (χ4n) is 3.16.